The number of imide groups is 1. The van der Waals surface area contributed by atoms with Gasteiger partial charge in [0, 0.05) is 18.4 Å². The van der Waals surface area contributed by atoms with Crippen LogP contribution in [0.5, 0.6) is 0 Å². The van der Waals surface area contributed by atoms with Crippen LogP contribution in [0, 0.1) is 5.92 Å². The number of benzene rings is 1. The van der Waals surface area contributed by atoms with E-state index in [1.54, 1.807) is 36.5 Å². The van der Waals surface area contributed by atoms with E-state index >= 15 is 0 Å². The number of hydrogen-bond acceptors (Lipinski definition) is 5. The summed E-state index contributed by atoms with van der Waals surface area (Å²) in [6.07, 6.45) is 2.09. The van der Waals surface area contributed by atoms with Gasteiger partial charge >= 0.3 is 0 Å². The molecule has 0 fully saturated rings. The van der Waals surface area contributed by atoms with Gasteiger partial charge in [0.15, 0.2) is 0 Å². The lowest BCUT2D eigenvalue weighted by Gasteiger charge is -2.19. The zero-order valence-electron chi connectivity index (χ0n) is 14.7. The number of amides is 2. The molecule has 27 heavy (non-hydrogen) atoms. The first kappa shape index (κ1) is 17.0. The molecule has 1 aromatic carbocycles. The highest BCUT2D eigenvalue weighted by atomic mass is 16.2. The lowest BCUT2D eigenvalue weighted by molar-refractivity contribution is 0.0632. The van der Waals surface area contributed by atoms with Crippen LogP contribution in [0.3, 0.4) is 0 Å². The predicted molar refractivity (Wildman–Crippen MR) is 101 cm³/mol. The highest BCUT2D eigenvalue weighted by molar-refractivity contribution is 6.21. The molecule has 1 aliphatic heterocycles. The quantitative estimate of drug-likeness (QED) is 0.690. The number of nitrogens with two attached hydrogens (primary N) is 1. The number of fused-ring (bicyclic) bond motifs is 2. The van der Waals surface area contributed by atoms with E-state index in [0.29, 0.717) is 34.9 Å². The van der Waals surface area contributed by atoms with Gasteiger partial charge in [0.05, 0.1) is 16.5 Å². The topological polar surface area (TPSA) is 109 Å². The van der Waals surface area contributed by atoms with E-state index in [2.05, 4.69) is 9.97 Å². The van der Waals surface area contributed by atoms with Crippen molar-refractivity contribution in [2.24, 2.45) is 5.92 Å². The van der Waals surface area contributed by atoms with Crippen molar-refractivity contribution in [1.82, 2.24) is 14.9 Å². The molecule has 2 amide bonds. The van der Waals surface area contributed by atoms with Gasteiger partial charge in [-0.1, -0.05) is 19.1 Å². The molecule has 4 rings (SSSR count). The fourth-order valence-electron chi connectivity index (χ4n) is 3.54. The van der Waals surface area contributed by atoms with Gasteiger partial charge in [-0.15, -0.1) is 0 Å². The summed E-state index contributed by atoms with van der Waals surface area (Å²) in [7, 11) is 0. The summed E-state index contributed by atoms with van der Waals surface area (Å²) in [6.45, 7) is 2.24. The molecule has 2 aromatic heterocycles. The van der Waals surface area contributed by atoms with Gasteiger partial charge in [-0.3, -0.25) is 19.3 Å². The third-order valence-corrected chi connectivity index (χ3v) is 4.77. The van der Waals surface area contributed by atoms with Crippen molar-refractivity contribution in [3.05, 3.63) is 69.8 Å². The molecule has 7 nitrogen and oxygen atoms in total. The first-order chi connectivity index (χ1) is 13.0. The van der Waals surface area contributed by atoms with E-state index in [1.807, 2.05) is 13.0 Å². The highest BCUT2D eigenvalue weighted by Gasteiger charge is 2.35. The maximum absolute atomic E-state index is 12.5. The summed E-state index contributed by atoms with van der Waals surface area (Å²) >= 11 is 0. The second kappa shape index (κ2) is 6.35. The standard InChI is InChI=1S/C20H18N4O3/c1-11(10-24-19(26)14-4-2-3-5-15(14)20(24)27)8-13-9-12-6-7-22-18(25)16(12)17(21)23-13/h2-7,9,11H,8,10H2,1H3,(H2,21,23)(H,22,25). The SMILES string of the molecule is CC(Cc1cc2cc[nH]c(=O)c2c(N)n1)CN1C(=O)c2ccccc2C1=O. The van der Waals surface area contributed by atoms with Crippen LogP contribution in [0.15, 0.2) is 47.4 Å². The molecule has 1 atom stereocenters. The zero-order valence-corrected chi connectivity index (χ0v) is 14.7. The molecule has 3 N–H and O–H groups in total. The molecule has 0 bridgehead atoms. The van der Waals surface area contributed by atoms with Crippen LogP contribution in [0.25, 0.3) is 10.8 Å². The summed E-state index contributed by atoms with van der Waals surface area (Å²) in [5.74, 6) is -0.365. The van der Waals surface area contributed by atoms with Crippen LogP contribution in [-0.2, 0) is 6.42 Å². The smallest absolute Gasteiger partial charge is 0.261 e. The molecule has 3 heterocycles. The monoisotopic (exact) mass is 362 g/mol. The third-order valence-electron chi connectivity index (χ3n) is 4.77. The summed E-state index contributed by atoms with van der Waals surface area (Å²) < 4.78 is 0. The predicted octanol–water partition coefficient (Wildman–Crippen LogP) is 1.98. The number of nitrogens with zero attached hydrogens (tertiary/aromatic N) is 2. The Morgan fingerprint density at radius 2 is 1.78 bits per heavy atom. The Labute approximate surface area is 154 Å². The Balaban J connectivity index is 1.55. The fourth-order valence-corrected chi connectivity index (χ4v) is 3.54. The number of nitrogen functional groups attached to an aromatic ring is 1. The zero-order chi connectivity index (χ0) is 19.1. The second-order valence-corrected chi connectivity index (χ2v) is 6.85. The van der Waals surface area contributed by atoms with Crippen LogP contribution in [0.2, 0.25) is 0 Å². The van der Waals surface area contributed by atoms with Gasteiger partial charge < -0.3 is 10.7 Å². The van der Waals surface area contributed by atoms with Gasteiger partial charge in [0.2, 0.25) is 0 Å². The minimum Gasteiger partial charge on any atom is -0.383 e. The van der Waals surface area contributed by atoms with Gasteiger partial charge in [-0.05, 0) is 42.0 Å². The lowest BCUT2D eigenvalue weighted by Crippen LogP contribution is -2.34. The van der Waals surface area contributed by atoms with E-state index in [1.165, 1.54) is 4.90 Å². The molecule has 3 aromatic rings. The van der Waals surface area contributed by atoms with Crippen molar-refractivity contribution >= 4 is 28.4 Å². The Morgan fingerprint density at radius 3 is 2.44 bits per heavy atom. The number of aromatic amines is 1. The molecule has 0 aliphatic carbocycles. The largest absolute Gasteiger partial charge is 0.383 e. The van der Waals surface area contributed by atoms with Crippen molar-refractivity contribution in [1.29, 1.82) is 0 Å². The minimum absolute atomic E-state index is 0.0152. The number of rotatable bonds is 4. The van der Waals surface area contributed by atoms with E-state index in [0.717, 1.165) is 5.69 Å². The Kier molecular flexibility index (Phi) is 3.99. The highest BCUT2D eigenvalue weighted by Crippen LogP contribution is 2.24. The maximum atomic E-state index is 12.5. The van der Waals surface area contributed by atoms with Crippen LogP contribution in [0.1, 0.15) is 33.3 Å². The van der Waals surface area contributed by atoms with Crippen molar-refractivity contribution in [2.75, 3.05) is 12.3 Å². The fraction of sp³-hybridized carbons (Fsp3) is 0.200. The van der Waals surface area contributed by atoms with Crippen molar-refractivity contribution < 1.29 is 9.59 Å². The van der Waals surface area contributed by atoms with Gasteiger partial charge in [-0.2, -0.15) is 0 Å². The van der Waals surface area contributed by atoms with Crippen LogP contribution < -0.4 is 11.3 Å². The Bertz CT molecular complexity index is 1100. The van der Waals surface area contributed by atoms with E-state index in [9.17, 15) is 14.4 Å². The van der Waals surface area contributed by atoms with Crippen molar-refractivity contribution in [2.45, 2.75) is 13.3 Å². The van der Waals surface area contributed by atoms with Gasteiger partial charge in [-0.25, -0.2) is 4.98 Å². The molecule has 7 heteroatoms. The molecule has 1 unspecified atom stereocenters. The average molecular weight is 362 g/mol. The first-order valence-corrected chi connectivity index (χ1v) is 8.67. The number of H-pyrrole nitrogens is 1. The van der Waals surface area contributed by atoms with Crippen LogP contribution in [0.4, 0.5) is 5.82 Å². The molecule has 0 saturated carbocycles. The van der Waals surface area contributed by atoms with Gasteiger partial charge in [0.1, 0.15) is 5.82 Å². The summed E-state index contributed by atoms with van der Waals surface area (Å²) in [6, 6.07) is 10.4. The molecule has 136 valence electrons. The Morgan fingerprint density at radius 1 is 1.11 bits per heavy atom. The number of aromatic nitrogens is 2. The van der Waals surface area contributed by atoms with Crippen LogP contribution in [-0.4, -0.2) is 33.2 Å². The molecular formula is C20H18N4O3. The van der Waals surface area contributed by atoms with Crippen LogP contribution >= 0.6 is 0 Å². The minimum atomic E-state index is -0.275. The number of carbonyl (C=O) groups is 2. The number of pyridine rings is 2. The molecule has 0 saturated heterocycles. The third kappa shape index (κ3) is 2.87. The molecule has 0 spiro atoms. The number of hydrogen-bond donors (Lipinski definition) is 2. The molecule has 1 aliphatic rings. The molecular weight excluding hydrogens is 344 g/mol. The van der Waals surface area contributed by atoms with E-state index in [4.69, 9.17) is 5.73 Å². The number of carbonyl (C=O) groups excluding carboxylic acids is 2. The second-order valence-electron chi connectivity index (χ2n) is 6.85. The van der Waals surface area contributed by atoms with E-state index in [-0.39, 0.29) is 29.1 Å². The first-order valence-electron chi connectivity index (χ1n) is 8.67. The van der Waals surface area contributed by atoms with Crippen molar-refractivity contribution in [3.63, 3.8) is 0 Å². The average Bonchev–Trinajstić information content (AvgIpc) is 2.87. The summed E-state index contributed by atoms with van der Waals surface area (Å²) in [4.78, 5) is 45.1. The normalized spacial score (nSPS) is 14.6. The van der Waals surface area contributed by atoms with E-state index < -0.39 is 0 Å². The summed E-state index contributed by atoms with van der Waals surface area (Å²) in [5.41, 5.74) is 7.28. The maximum Gasteiger partial charge on any atom is 0.261 e. The number of nitrogens with one attached hydrogen (secondary N) is 1. The van der Waals surface area contributed by atoms with Gasteiger partial charge in [0.25, 0.3) is 17.4 Å². The Hall–Kier alpha value is -3.48. The molecule has 0 radical (unpaired) electrons. The lowest BCUT2D eigenvalue weighted by atomic mass is 10.0. The number of anilines is 1. The summed E-state index contributed by atoms with van der Waals surface area (Å²) in [5, 5.41) is 1.09. The van der Waals surface area contributed by atoms with Crippen molar-refractivity contribution in [3.8, 4) is 0 Å².